The highest BCUT2D eigenvalue weighted by Crippen LogP contribution is 2.30. The van der Waals surface area contributed by atoms with Gasteiger partial charge in [0.2, 0.25) is 5.91 Å². The highest BCUT2D eigenvalue weighted by molar-refractivity contribution is 7.21. The van der Waals surface area contributed by atoms with Crippen LogP contribution in [0.1, 0.15) is 31.7 Å². The number of nitrogens with zero attached hydrogens (tertiary/aromatic N) is 2. The number of aromatic nitrogens is 1. The number of hydrogen-bond acceptors (Lipinski definition) is 3. The summed E-state index contributed by atoms with van der Waals surface area (Å²) in [5.74, 6) is 0.250. The van der Waals surface area contributed by atoms with Gasteiger partial charge in [-0.3, -0.25) is 4.79 Å². The van der Waals surface area contributed by atoms with Crippen LogP contribution < -0.4 is 0 Å². The standard InChI is InChI=1S/C21H22N2OS/c1-15-6-4-5-13-23(15)20(24)14-16-9-11-17(12-10-16)21-22-18-7-2-3-8-19(18)25-21/h2-3,7-12,15H,4-6,13-14H2,1H3/t15-/m0/s1. The van der Waals surface area contributed by atoms with Crippen LogP contribution in [-0.4, -0.2) is 28.4 Å². The van der Waals surface area contributed by atoms with Gasteiger partial charge in [-0.15, -0.1) is 11.3 Å². The molecule has 3 nitrogen and oxygen atoms in total. The number of para-hydroxylation sites is 1. The van der Waals surface area contributed by atoms with Crippen LogP contribution in [0, 0.1) is 0 Å². The Morgan fingerprint density at radius 1 is 1.16 bits per heavy atom. The van der Waals surface area contributed by atoms with Crippen molar-refractivity contribution < 1.29 is 4.79 Å². The minimum Gasteiger partial charge on any atom is -0.340 e. The molecular formula is C21H22N2OS. The van der Waals surface area contributed by atoms with Crippen LogP contribution in [-0.2, 0) is 11.2 Å². The average Bonchev–Trinajstić information content (AvgIpc) is 3.07. The summed E-state index contributed by atoms with van der Waals surface area (Å²) in [6.07, 6.45) is 3.99. The molecule has 1 aromatic heterocycles. The molecule has 25 heavy (non-hydrogen) atoms. The van der Waals surface area contributed by atoms with Gasteiger partial charge >= 0.3 is 0 Å². The van der Waals surface area contributed by atoms with Crippen LogP contribution in [0.4, 0.5) is 0 Å². The highest BCUT2D eigenvalue weighted by atomic mass is 32.1. The number of carbonyl (C=O) groups excluding carboxylic acids is 1. The van der Waals surface area contributed by atoms with Gasteiger partial charge in [-0.25, -0.2) is 4.98 Å². The molecule has 1 aliphatic heterocycles. The maximum atomic E-state index is 12.6. The second-order valence-corrected chi connectivity index (χ2v) is 7.82. The van der Waals surface area contributed by atoms with Crippen LogP contribution in [0.3, 0.4) is 0 Å². The molecule has 128 valence electrons. The lowest BCUT2D eigenvalue weighted by Gasteiger charge is -2.33. The number of piperidine rings is 1. The summed E-state index contributed by atoms with van der Waals surface area (Å²) in [5.41, 5.74) is 3.23. The Balaban J connectivity index is 1.49. The van der Waals surface area contributed by atoms with Crippen molar-refractivity contribution in [3.63, 3.8) is 0 Å². The normalized spacial score (nSPS) is 17.8. The predicted octanol–water partition coefficient (Wildman–Crippen LogP) is 4.91. The first kappa shape index (κ1) is 16.3. The van der Waals surface area contributed by atoms with Crippen molar-refractivity contribution in [3.05, 3.63) is 54.1 Å². The van der Waals surface area contributed by atoms with Gasteiger partial charge in [0.1, 0.15) is 5.01 Å². The molecule has 0 spiro atoms. The summed E-state index contributed by atoms with van der Waals surface area (Å²) in [6.45, 7) is 3.07. The van der Waals surface area contributed by atoms with E-state index in [9.17, 15) is 4.79 Å². The molecule has 1 aliphatic rings. The summed E-state index contributed by atoms with van der Waals surface area (Å²) >= 11 is 1.71. The molecule has 1 amide bonds. The SMILES string of the molecule is C[C@H]1CCCCN1C(=O)Cc1ccc(-c2nc3ccccc3s2)cc1. The van der Waals surface area contributed by atoms with E-state index in [1.165, 1.54) is 11.1 Å². The lowest BCUT2D eigenvalue weighted by Crippen LogP contribution is -2.42. The predicted molar refractivity (Wildman–Crippen MR) is 104 cm³/mol. The van der Waals surface area contributed by atoms with E-state index >= 15 is 0 Å². The highest BCUT2D eigenvalue weighted by Gasteiger charge is 2.22. The molecule has 4 heteroatoms. The summed E-state index contributed by atoms with van der Waals surface area (Å²) in [4.78, 5) is 19.3. The second-order valence-electron chi connectivity index (χ2n) is 6.79. The molecular weight excluding hydrogens is 328 g/mol. The van der Waals surface area contributed by atoms with Gasteiger partial charge in [0.25, 0.3) is 0 Å². The molecule has 0 radical (unpaired) electrons. The largest absolute Gasteiger partial charge is 0.340 e. The summed E-state index contributed by atoms with van der Waals surface area (Å²) in [6, 6.07) is 16.9. The van der Waals surface area contributed by atoms with Gasteiger partial charge in [-0.1, -0.05) is 36.4 Å². The summed E-state index contributed by atoms with van der Waals surface area (Å²) in [5, 5.41) is 1.03. The molecule has 2 aromatic carbocycles. The molecule has 3 aromatic rings. The molecule has 2 heterocycles. The molecule has 4 rings (SSSR count). The lowest BCUT2D eigenvalue weighted by molar-refractivity contribution is -0.133. The van der Waals surface area contributed by atoms with Crippen LogP contribution in [0.15, 0.2) is 48.5 Å². The zero-order chi connectivity index (χ0) is 17.2. The molecule has 0 N–H and O–H groups in total. The number of likely N-dealkylation sites (tertiary alicyclic amines) is 1. The maximum Gasteiger partial charge on any atom is 0.227 e. The van der Waals surface area contributed by atoms with Gasteiger partial charge in [0, 0.05) is 18.2 Å². The van der Waals surface area contributed by atoms with E-state index in [1.807, 2.05) is 23.1 Å². The second kappa shape index (κ2) is 6.96. The topological polar surface area (TPSA) is 33.2 Å². The first-order valence-corrected chi connectivity index (χ1v) is 9.77. The number of fused-ring (bicyclic) bond motifs is 1. The van der Waals surface area contributed by atoms with Crippen LogP contribution >= 0.6 is 11.3 Å². The Hall–Kier alpha value is -2.20. The smallest absolute Gasteiger partial charge is 0.227 e. The number of hydrogen-bond donors (Lipinski definition) is 0. The number of thiazole rings is 1. The van der Waals surface area contributed by atoms with Gasteiger partial charge < -0.3 is 4.90 Å². The Kier molecular flexibility index (Phi) is 4.53. The van der Waals surface area contributed by atoms with Crippen molar-refractivity contribution in [2.24, 2.45) is 0 Å². The van der Waals surface area contributed by atoms with Gasteiger partial charge in [-0.2, -0.15) is 0 Å². The Morgan fingerprint density at radius 3 is 2.72 bits per heavy atom. The third kappa shape index (κ3) is 3.45. The fourth-order valence-electron chi connectivity index (χ4n) is 3.51. The Labute approximate surface area is 152 Å². The number of benzene rings is 2. The fourth-order valence-corrected chi connectivity index (χ4v) is 4.48. The van der Waals surface area contributed by atoms with Crippen molar-refractivity contribution in [2.45, 2.75) is 38.6 Å². The van der Waals surface area contributed by atoms with E-state index in [4.69, 9.17) is 4.98 Å². The quantitative estimate of drug-likeness (QED) is 0.672. The molecule has 1 atom stereocenters. The zero-order valence-corrected chi connectivity index (χ0v) is 15.3. The van der Waals surface area contributed by atoms with E-state index in [1.54, 1.807) is 11.3 Å². The molecule has 1 fully saturated rings. The van der Waals surface area contributed by atoms with E-state index in [0.29, 0.717) is 12.5 Å². The minimum absolute atomic E-state index is 0.250. The lowest BCUT2D eigenvalue weighted by atomic mass is 10.0. The van der Waals surface area contributed by atoms with E-state index in [0.717, 1.165) is 41.0 Å². The van der Waals surface area contributed by atoms with E-state index in [2.05, 4.69) is 37.3 Å². The Morgan fingerprint density at radius 2 is 1.96 bits per heavy atom. The zero-order valence-electron chi connectivity index (χ0n) is 14.4. The van der Waals surface area contributed by atoms with Crippen molar-refractivity contribution in [2.75, 3.05) is 6.54 Å². The average molecular weight is 350 g/mol. The van der Waals surface area contributed by atoms with Gasteiger partial charge in [-0.05, 0) is 43.9 Å². The molecule has 0 unspecified atom stereocenters. The minimum atomic E-state index is 0.250. The van der Waals surface area contributed by atoms with Gasteiger partial charge in [0.15, 0.2) is 0 Å². The van der Waals surface area contributed by atoms with Crippen molar-refractivity contribution in [1.29, 1.82) is 0 Å². The summed E-state index contributed by atoms with van der Waals surface area (Å²) < 4.78 is 1.20. The van der Waals surface area contributed by atoms with Crippen molar-refractivity contribution in [1.82, 2.24) is 9.88 Å². The molecule has 0 aliphatic carbocycles. The van der Waals surface area contributed by atoms with Crippen LogP contribution in [0.5, 0.6) is 0 Å². The molecule has 1 saturated heterocycles. The first-order valence-electron chi connectivity index (χ1n) is 8.95. The third-order valence-electron chi connectivity index (χ3n) is 4.97. The van der Waals surface area contributed by atoms with Crippen LogP contribution in [0.25, 0.3) is 20.8 Å². The number of rotatable bonds is 3. The summed E-state index contributed by atoms with van der Waals surface area (Å²) in [7, 11) is 0. The molecule has 0 saturated carbocycles. The first-order chi connectivity index (χ1) is 12.2. The van der Waals surface area contributed by atoms with Crippen LogP contribution in [0.2, 0.25) is 0 Å². The van der Waals surface area contributed by atoms with Crippen molar-refractivity contribution in [3.8, 4) is 10.6 Å². The van der Waals surface area contributed by atoms with Gasteiger partial charge in [0.05, 0.1) is 16.6 Å². The fraction of sp³-hybridized carbons (Fsp3) is 0.333. The number of amides is 1. The van der Waals surface area contributed by atoms with E-state index in [-0.39, 0.29) is 5.91 Å². The monoisotopic (exact) mass is 350 g/mol. The third-order valence-corrected chi connectivity index (χ3v) is 6.06. The molecule has 0 bridgehead atoms. The van der Waals surface area contributed by atoms with Crippen molar-refractivity contribution >= 4 is 27.5 Å². The van der Waals surface area contributed by atoms with E-state index < -0.39 is 0 Å². The maximum absolute atomic E-state index is 12.6. The Bertz CT molecular complexity index is 851. The number of carbonyl (C=O) groups is 1.